The Hall–Kier alpha value is -2.26. The summed E-state index contributed by atoms with van der Waals surface area (Å²) in [6.45, 7) is 3.33. The number of rotatable bonds is 11. The first-order chi connectivity index (χ1) is 15.1. The van der Waals surface area contributed by atoms with Crippen molar-refractivity contribution in [3.63, 3.8) is 0 Å². The Bertz CT molecular complexity index is 945. The van der Waals surface area contributed by atoms with Crippen LogP contribution >= 0.6 is 19.2 Å². The predicted octanol–water partition coefficient (Wildman–Crippen LogP) is 5.87. The van der Waals surface area contributed by atoms with Crippen LogP contribution in [0.3, 0.4) is 0 Å². The lowest BCUT2D eigenvalue weighted by Crippen LogP contribution is -2.30. The number of alkyl halides is 3. The van der Waals surface area contributed by atoms with Crippen molar-refractivity contribution in [2.75, 3.05) is 26.1 Å². The summed E-state index contributed by atoms with van der Waals surface area (Å²) >= 11 is 5.87. The van der Waals surface area contributed by atoms with Crippen molar-refractivity contribution in [1.82, 2.24) is 5.32 Å². The monoisotopic (exact) mass is 495 g/mol. The summed E-state index contributed by atoms with van der Waals surface area (Å²) in [6, 6.07) is 8.79. The molecule has 0 spiro atoms. The Kier molecular flexibility index (Phi) is 9.39. The van der Waals surface area contributed by atoms with E-state index < -0.39 is 25.2 Å². The maximum absolute atomic E-state index is 12.7. The molecule has 0 aliphatic carbocycles. The van der Waals surface area contributed by atoms with Gasteiger partial charge in [0.1, 0.15) is 23.5 Å². The number of ether oxygens (including phenoxy) is 2. The van der Waals surface area contributed by atoms with Crippen LogP contribution in [0, 0.1) is 0 Å². The lowest BCUT2D eigenvalue weighted by atomic mass is 10.2. The molecule has 0 aromatic heterocycles. The number of halogens is 4. The van der Waals surface area contributed by atoms with Crippen LogP contribution in [-0.4, -0.2) is 32.0 Å². The Morgan fingerprint density at radius 3 is 2.16 bits per heavy atom. The first kappa shape index (κ1) is 26.0. The molecule has 0 atom stereocenters. The molecule has 0 bridgehead atoms. The molecule has 0 aliphatic heterocycles. The van der Waals surface area contributed by atoms with Crippen molar-refractivity contribution in [3.05, 3.63) is 53.1 Å². The highest BCUT2D eigenvalue weighted by Gasteiger charge is 2.31. The van der Waals surface area contributed by atoms with E-state index in [1.807, 2.05) is 0 Å². The fourth-order valence-electron chi connectivity index (χ4n) is 2.40. The van der Waals surface area contributed by atoms with Gasteiger partial charge in [0.25, 0.3) is 5.91 Å². The summed E-state index contributed by atoms with van der Waals surface area (Å²) in [5.41, 5.74) is -0.879. The van der Waals surface area contributed by atoms with Crippen molar-refractivity contribution >= 4 is 25.1 Å². The summed E-state index contributed by atoms with van der Waals surface area (Å²) in [5.74, 6) is 0.170. The molecule has 0 unspecified atom stereocenters. The van der Waals surface area contributed by atoms with E-state index in [9.17, 15) is 22.5 Å². The van der Waals surface area contributed by atoms with E-state index in [1.165, 1.54) is 24.3 Å². The molecule has 0 fully saturated rings. The zero-order valence-corrected chi connectivity index (χ0v) is 18.9. The van der Waals surface area contributed by atoms with Crippen LogP contribution < -0.4 is 14.8 Å². The Morgan fingerprint density at radius 2 is 1.62 bits per heavy atom. The van der Waals surface area contributed by atoms with Gasteiger partial charge < -0.3 is 23.8 Å². The van der Waals surface area contributed by atoms with Crippen molar-refractivity contribution in [3.8, 4) is 17.2 Å². The van der Waals surface area contributed by atoms with Crippen LogP contribution in [0.25, 0.3) is 0 Å². The summed E-state index contributed by atoms with van der Waals surface area (Å²) in [5, 5.41) is 2.25. The van der Waals surface area contributed by atoms with Gasteiger partial charge in [-0.2, -0.15) is 13.2 Å². The third-order valence-electron chi connectivity index (χ3n) is 3.80. The third-order valence-corrected chi connectivity index (χ3v) is 5.95. The van der Waals surface area contributed by atoms with E-state index in [1.54, 1.807) is 13.8 Å². The first-order valence-electron chi connectivity index (χ1n) is 9.48. The smallest absolute Gasteiger partial charge is 0.416 e. The Morgan fingerprint density at radius 1 is 1.03 bits per heavy atom. The average Bonchev–Trinajstić information content (AvgIpc) is 2.73. The number of hydrogen-bond acceptors (Lipinski definition) is 6. The van der Waals surface area contributed by atoms with Crippen molar-refractivity contribution in [2.24, 2.45) is 0 Å². The fraction of sp³-hybridized carbons (Fsp3) is 0.350. The number of nitrogens with one attached hydrogen (secondary N) is 1. The topological polar surface area (TPSA) is 83.1 Å². The molecule has 0 saturated heterocycles. The molecule has 0 aliphatic rings. The summed E-state index contributed by atoms with van der Waals surface area (Å²) in [7, 11) is -3.40. The van der Waals surface area contributed by atoms with Gasteiger partial charge in [-0.25, -0.2) is 0 Å². The minimum atomic E-state index is -4.50. The van der Waals surface area contributed by atoms with Gasteiger partial charge in [0, 0.05) is 0 Å². The second-order valence-electron chi connectivity index (χ2n) is 6.21. The van der Waals surface area contributed by atoms with Crippen LogP contribution in [-0.2, 0) is 24.6 Å². The highest BCUT2D eigenvalue weighted by atomic mass is 35.5. The van der Waals surface area contributed by atoms with E-state index in [0.717, 1.165) is 18.2 Å². The standard InChI is InChI=1S/C20H22ClF3NO6P/c1-3-29-32(27,30-4-2)13-25-19(26)12-28-15-6-8-16(9-7-15)31-18-10-5-14(11-17(18)21)20(22,23)24/h5-11H,3-4,12-13H2,1-2H3,(H,25,26). The molecular weight excluding hydrogens is 474 g/mol. The molecule has 176 valence electrons. The second kappa shape index (κ2) is 11.6. The number of carbonyl (C=O) groups is 1. The zero-order chi connectivity index (χ0) is 23.8. The highest BCUT2D eigenvalue weighted by Crippen LogP contribution is 2.46. The van der Waals surface area contributed by atoms with Gasteiger partial charge in [0.05, 0.1) is 23.8 Å². The second-order valence-corrected chi connectivity index (χ2v) is 8.67. The minimum Gasteiger partial charge on any atom is -0.484 e. The molecule has 2 aromatic rings. The van der Waals surface area contributed by atoms with E-state index in [2.05, 4.69) is 5.32 Å². The molecule has 2 aromatic carbocycles. The van der Waals surface area contributed by atoms with Gasteiger partial charge in [0.2, 0.25) is 0 Å². The van der Waals surface area contributed by atoms with Crippen LogP contribution in [0.5, 0.6) is 17.2 Å². The van der Waals surface area contributed by atoms with Gasteiger partial charge in [-0.1, -0.05) is 11.6 Å². The highest BCUT2D eigenvalue weighted by molar-refractivity contribution is 7.53. The molecule has 12 heteroatoms. The minimum absolute atomic E-state index is 0.0562. The van der Waals surface area contributed by atoms with Gasteiger partial charge >= 0.3 is 13.8 Å². The molecule has 2 rings (SSSR count). The van der Waals surface area contributed by atoms with Gasteiger partial charge in [-0.15, -0.1) is 0 Å². The van der Waals surface area contributed by atoms with E-state index in [4.69, 9.17) is 30.1 Å². The normalized spacial score (nSPS) is 11.8. The van der Waals surface area contributed by atoms with E-state index in [-0.39, 0.29) is 36.9 Å². The molecule has 7 nitrogen and oxygen atoms in total. The fourth-order valence-corrected chi connectivity index (χ4v) is 4.03. The molecule has 0 saturated carbocycles. The lowest BCUT2D eigenvalue weighted by Gasteiger charge is -2.17. The van der Waals surface area contributed by atoms with E-state index in [0.29, 0.717) is 11.5 Å². The zero-order valence-electron chi connectivity index (χ0n) is 17.3. The largest absolute Gasteiger partial charge is 0.484 e. The van der Waals surface area contributed by atoms with Crippen LogP contribution in [0.15, 0.2) is 42.5 Å². The quantitative estimate of drug-likeness (QED) is 0.393. The molecule has 0 heterocycles. The van der Waals surface area contributed by atoms with Gasteiger partial charge in [-0.05, 0) is 56.3 Å². The predicted molar refractivity (Wildman–Crippen MR) is 112 cm³/mol. The van der Waals surface area contributed by atoms with Crippen LogP contribution in [0.4, 0.5) is 13.2 Å². The molecule has 32 heavy (non-hydrogen) atoms. The Balaban J connectivity index is 1.88. The first-order valence-corrected chi connectivity index (χ1v) is 11.6. The summed E-state index contributed by atoms with van der Waals surface area (Å²) in [6.07, 6.45) is -4.78. The lowest BCUT2D eigenvalue weighted by molar-refractivity contribution is -0.137. The SMILES string of the molecule is CCOP(=O)(CNC(=O)COc1ccc(Oc2ccc(C(F)(F)F)cc2Cl)cc1)OCC. The van der Waals surface area contributed by atoms with E-state index >= 15 is 0 Å². The van der Waals surface area contributed by atoms with Crippen molar-refractivity contribution in [1.29, 1.82) is 0 Å². The Labute approximate surface area is 188 Å². The van der Waals surface area contributed by atoms with Crippen LogP contribution in [0.2, 0.25) is 5.02 Å². The van der Waals surface area contributed by atoms with Gasteiger partial charge in [0.15, 0.2) is 6.61 Å². The van der Waals surface area contributed by atoms with Crippen molar-refractivity contribution in [2.45, 2.75) is 20.0 Å². The number of hydrogen-bond donors (Lipinski definition) is 1. The maximum Gasteiger partial charge on any atom is 0.416 e. The number of benzene rings is 2. The number of amides is 1. The van der Waals surface area contributed by atoms with Crippen molar-refractivity contribution < 1.29 is 41.1 Å². The number of carbonyl (C=O) groups excluding carboxylic acids is 1. The molecule has 1 N–H and O–H groups in total. The molecule has 1 amide bonds. The average molecular weight is 496 g/mol. The van der Waals surface area contributed by atoms with Gasteiger partial charge in [-0.3, -0.25) is 9.36 Å². The summed E-state index contributed by atoms with van der Waals surface area (Å²) in [4.78, 5) is 11.9. The maximum atomic E-state index is 12.7. The van der Waals surface area contributed by atoms with Crippen LogP contribution in [0.1, 0.15) is 19.4 Å². The molecular formula is C20H22ClF3NO6P. The molecule has 0 radical (unpaired) electrons. The summed E-state index contributed by atoms with van der Waals surface area (Å²) < 4.78 is 71.4. The third kappa shape index (κ3) is 8.02.